The fourth-order valence-corrected chi connectivity index (χ4v) is 5.63. The van der Waals surface area contributed by atoms with Crippen LogP contribution in [0.2, 0.25) is 0 Å². The number of allylic oxidation sites excluding steroid dienone is 1. The van der Waals surface area contributed by atoms with Crippen LogP contribution in [0, 0.1) is 0 Å². The summed E-state index contributed by atoms with van der Waals surface area (Å²) in [7, 11) is 1.79. The van der Waals surface area contributed by atoms with Crippen LogP contribution in [0.25, 0.3) is 6.08 Å². The highest BCUT2D eigenvalue weighted by molar-refractivity contribution is 5.88. The zero-order chi connectivity index (χ0) is 34.0. The highest BCUT2D eigenvalue weighted by Gasteiger charge is 2.48. The summed E-state index contributed by atoms with van der Waals surface area (Å²) in [6.45, 7) is 14.1. The van der Waals surface area contributed by atoms with Crippen LogP contribution in [0.5, 0.6) is 17.2 Å². The van der Waals surface area contributed by atoms with Gasteiger partial charge in [-0.2, -0.15) is 13.2 Å². The number of nitrogens with one attached hydrogen (secondary N) is 1. The number of rotatable bonds is 17. The average molecular weight is 645 g/mol. The molecule has 1 N–H and O–H groups in total. The Bertz CT molecular complexity index is 1350. The number of benzene rings is 2. The molecule has 1 aliphatic heterocycles. The van der Waals surface area contributed by atoms with E-state index in [2.05, 4.69) is 18.8 Å². The van der Waals surface area contributed by atoms with E-state index in [0.717, 1.165) is 30.4 Å². The summed E-state index contributed by atoms with van der Waals surface area (Å²) in [5, 5.41) is 3.22. The molecule has 0 spiro atoms. The molecule has 3 rings (SSSR count). The van der Waals surface area contributed by atoms with Gasteiger partial charge in [0.2, 0.25) is 0 Å². The molecular formula is C37H51F3N2O4. The van der Waals surface area contributed by atoms with Crippen LogP contribution in [0.15, 0.2) is 49.2 Å². The van der Waals surface area contributed by atoms with Crippen LogP contribution < -0.4 is 19.5 Å². The van der Waals surface area contributed by atoms with Gasteiger partial charge in [0.25, 0.3) is 5.91 Å². The van der Waals surface area contributed by atoms with Gasteiger partial charge >= 0.3 is 6.18 Å². The lowest BCUT2D eigenvalue weighted by Gasteiger charge is -2.36. The quantitative estimate of drug-likeness (QED) is 0.175. The first-order valence-corrected chi connectivity index (χ1v) is 16.4. The summed E-state index contributed by atoms with van der Waals surface area (Å²) in [4.78, 5) is 15.6. The van der Waals surface area contributed by atoms with Crippen LogP contribution >= 0.6 is 0 Å². The minimum absolute atomic E-state index is 0.0936. The standard InChI is InChI=1S/C37H51F3N2O4/c1-8-12-13-17-28-25-30(35(5,6)37(38,39)40)24-27(16-9-2)33(28)46-21-15-14-20-42(7)34(43)36(10-3,41-11-4)29-18-19-31-32(26-29)45-23-22-44-31/h11,13,17-19,24-26,41H,4,8-10,12,14-16,20-23H2,1-3,5-7H3/b17-13+. The highest BCUT2D eigenvalue weighted by atomic mass is 19.4. The first-order valence-electron chi connectivity index (χ1n) is 16.4. The van der Waals surface area contributed by atoms with E-state index in [1.165, 1.54) is 13.8 Å². The molecule has 1 amide bonds. The lowest BCUT2D eigenvalue weighted by Crippen LogP contribution is -2.53. The van der Waals surface area contributed by atoms with Crippen molar-refractivity contribution < 1.29 is 32.2 Å². The molecule has 0 bridgehead atoms. The van der Waals surface area contributed by atoms with E-state index in [0.29, 0.717) is 74.9 Å². The van der Waals surface area contributed by atoms with E-state index in [1.54, 1.807) is 30.3 Å². The first-order chi connectivity index (χ1) is 21.9. The van der Waals surface area contributed by atoms with Crippen LogP contribution in [-0.2, 0) is 22.2 Å². The van der Waals surface area contributed by atoms with Crippen molar-refractivity contribution in [1.29, 1.82) is 0 Å². The van der Waals surface area contributed by atoms with Gasteiger partial charge in [0.05, 0.1) is 12.0 Å². The second-order valence-corrected chi connectivity index (χ2v) is 12.4. The number of alkyl halides is 3. The van der Waals surface area contributed by atoms with E-state index in [-0.39, 0.29) is 11.5 Å². The molecule has 2 aromatic rings. The molecule has 1 unspecified atom stereocenters. The Labute approximate surface area is 273 Å². The van der Waals surface area contributed by atoms with Gasteiger partial charge < -0.3 is 24.4 Å². The number of hydrogen-bond acceptors (Lipinski definition) is 5. The van der Waals surface area contributed by atoms with Gasteiger partial charge in [0, 0.05) is 19.2 Å². The topological polar surface area (TPSA) is 60.0 Å². The fraction of sp³-hybridized carbons (Fsp3) is 0.541. The Hall–Kier alpha value is -3.62. The molecule has 0 saturated carbocycles. The van der Waals surface area contributed by atoms with Crippen molar-refractivity contribution in [3.63, 3.8) is 0 Å². The maximum atomic E-state index is 14.0. The number of ether oxygens (including phenoxy) is 3. The summed E-state index contributed by atoms with van der Waals surface area (Å²) < 4.78 is 59.7. The Morgan fingerprint density at radius 1 is 1.02 bits per heavy atom. The minimum atomic E-state index is -4.38. The van der Waals surface area contributed by atoms with Crippen molar-refractivity contribution >= 4 is 12.0 Å². The van der Waals surface area contributed by atoms with Gasteiger partial charge in [-0.3, -0.25) is 4.79 Å². The fourth-order valence-electron chi connectivity index (χ4n) is 5.63. The summed E-state index contributed by atoms with van der Waals surface area (Å²) in [6, 6.07) is 8.85. The maximum absolute atomic E-state index is 14.0. The summed E-state index contributed by atoms with van der Waals surface area (Å²) >= 11 is 0. The maximum Gasteiger partial charge on any atom is 0.397 e. The number of carbonyl (C=O) groups is 1. The molecule has 1 atom stereocenters. The highest BCUT2D eigenvalue weighted by Crippen LogP contribution is 2.43. The van der Waals surface area contributed by atoms with Crippen LogP contribution in [0.4, 0.5) is 13.2 Å². The molecule has 1 aliphatic rings. The third kappa shape index (κ3) is 8.39. The number of hydrogen-bond donors (Lipinski definition) is 1. The Balaban J connectivity index is 1.74. The number of amides is 1. The number of aryl methyl sites for hydroxylation is 1. The van der Waals surface area contributed by atoms with Crippen molar-refractivity contribution in [3.8, 4) is 17.2 Å². The van der Waals surface area contributed by atoms with Gasteiger partial charge in [-0.25, -0.2) is 0 Å². The molecule has 0 saturated heterocycles. The van der Waals surface area contributed by atoms with Crippen molar-refractivity contribution in [2.24, 2.45) is 0 Å². The Morgan fingerprint density at radius 2 is 1.74 bits per heavy atom. The predicted molar refractivity (Wildman–Crippen MR) is 179 cm³/mol. The summed E-state index contributed by atoms with van der Waals surface area (Å²) in [5.74, 6) is 1.81. The monoisotopic (exact) mass is 644 g/mol. The number of halogens is 3. The zero-order valence-electron chi connectivity index (χ0n) is 28.3. The number of fused-ring (bicyclic) bond motifs is 1. The third-order valence-corrected chi connectivity index (χ3v) is 8.66. The Morgan fingerprint density at radius 3 is 2.37 bits per heavy atom. The van der Waals surface area contributed by atoms with Gasteiger partial charge in [0.15, 0.2) is 11.5 Å². The number of nitrogens with zero attached hydrogens (tertiary/aromatic N) is 1. The molecular weight excluding hydrogens is 593 g/mol. The summed E-state index contributed by atoms with van der Waals surface area (Å²) in [6.07, 6.45) is 6.00. The third-order valence-electron chi connectivity index (χ3n) is 8.66. The minimum Gasteiger partial charge on any atom is -0.493 e. The van der Waals surface area contributed by atoms with Crippen LogP contribution in [0.1, 0.15) is 95.4 Å². The molecule has 46 heavy (non-hydrogen) atoms. The lowest BCUT2D eigenvalue weighted by molar-refractivity contribution is -0.180. The predicted octanol–water partition coefficient (Wildman–Crippen LogP) is 8.72. The van der Waals surface area contributed by atoms with Crippen molar-refractivity contribution in [2.75, 3.05) is 33.4 Å². The second-order valence-electron chi connectivity index (χ2n) is 12.4. The zero-order valence-corrected chi connectivity index (χ0v) is 28.3. The SMILES string of the molecule is C=CNC(CC)(C(=O)N(C)CCCCOc1c(/C=C/CCC)cc(C(C)(C)C(F)(F)F)cc1CCC)c1ccc2c(c1)OCCO2. The molecule has 9 heteroatoms. The molecule has 0 aromatic heterocycles. The number of likely N-dealkylation sites (N-methyl/N-ethyl adjacent to an activating group) is 1. The van der Waals surface area contributed by atoms with E-state index in [1.807, 2.05) is 44.2 Å². The van der Waals surface area contributed by atoms with Gasteiger partial charge in [-0.15, -0.1) is 0 Å². The molecule has 6 nitrogen and oxygen atoms in total. The molecule has 254 valence electrons. The first kappa shape index (κ1) is 36.8. The smallest absolute Gasteiger partial charge is 0.397 e. The summed E-state index contributed by atoms with van der Waals surface area (Å²) in [5.41, 5.74) is -0.567. The van der Waals surface area contributed by atoms with Gasteiger partial charge in [-0.05, 0) is 87.0 Å². The van der Waals surface area contributed by atoms with Crippen molar-refractivity contribution in [3.05, 3.63) is 71.4 Å². The lowest BCUT2D eigenvalue weighted by atomic mass is 9.81. The van der Waals surface area contributed by atoms with Crippen molar-refractivity contribution in [2.45, 2.75) is 96.7 Å². The number of carbonyl (C=O) groups excluding carboxylic acids is 1. The molecule has 2 aromatic carbocycles. The Kier molecular flexibility index (Phi) is 13.0. The normalized spacial score (nSPS) is 14.5. The largest absolute Gasteiger partial charge is 0.493 e. The van der Waals surface area contributed by atoms with Crippen molar-refractivity contribution in [1.82, 2.24) is 10.2 Å². The van der Waals surface area contributed by atoms with Crippen LogP contribution in [0.3, 0.4) is 0 Å². The van der Waals surface area contributed by atoms with E-state index in [9.17, 15) is 18.0 Å². The average Bonchev–Trinajstić information content (AvgIpc) is 3.03. The second kappa shape index (κ2) is 16.3. The van der Waals surface area contributed by atoms with Gasteiger partial charge in [0.1, 0.15) is 24.5 Å². The van der Waals surface area contributed by atoms with E-state index < -0.39 is 17.1 Å². The van der Waals surface area contributed by atoms with E-state index >= 15 is 0 Å². The van der Waals surface area contributed by atoms with Crippen LogP contribution in [-0.4, -0.2) is 50.4 Å². The van der Waals surface area contributed by atoms with Gasteiger partial charge in [-0.1, -0.05) is 64.5 Å². The van der Waals surface area contributed by atoms with E-state index in [4.69, 9.17) is 14.2 Å². The molecule has 0 radical (unpaired) electrons. The molecule has 0 aliphatic carbocycles. The molecule has 1 heterocycles. The molecule has 0 fully saturated rings. The number of unbranched alkanes of at least 4 members (excludes halogenated alkanes) is 2.